The van der Waals surface area contributed by atoms with Gasteiger partial charge in [-0.25, -0.2) is 0 Å². The second-order valence-corrected chi connectivity index (χ2v) is 6.35. The van der Waals surface area contributed by atoms with Crippen molar-refractivity contribution in [1.82, 2.24) is 0 Å². The molecular formula is C15H24O3. The van der Waals surface area contributed by atoms with Crippen LogP contribution in [0.25, 0.3) is 0 Å². The molecule has 102 valence electrons. The van der Waals surface area contributed by atoms with Crippen LogP contribution in [-0.2, 0) is 4.79 Å². The molecule has 0 amide bonds. The van der Waals surface area contributed by atoms with Crippen LogP contribution in [-0.4, -0.2) is 28.2 Å². The van der Waals surface area contributed by atoms with Gasteiger partial charge in [0.25, 0.3) is 0 Å². The van der Waals surface area contributed by atoms with E-state index < -0.39 is 12.2 Å². The third-order valence-electron chi connectivity index (χ3n) is 4.94. The van der Waals surface area contributed by atoms with Gasteiger partial charge in [0.1, 0.15) is 5.78 Å². The summed E-state index contributed by atoms with van der Waals surface area (Å²) < 4.78 is 0. The lowest BCUT2D eigenvalue weighted by Gasteiger charge is -2.42. The number of aliphatic hydroxyl groups excluding tert-OH is 2. The van der Waals surface area contributed by atoms with Crippen LogP contribution >= 0.6 is 0 Å². The number of hydrogen-bond acceptors (Lipinski definition) is 3. The predicted octanol–water partition coefficient (Wildman–Crippen LogP) is 1.78. The SMILES string of the molecule is C=C1[C@H](O)C[C@@H](C(C)C)[C@@H]2[C@@H]([C@H](C)O)C(=O)C[C@@H]12. The molecule has 0 unspecified atom stereocenters. The van der Waals surface area contributed by atoms with Crippen LogP contribution in [0.1, 0.15) is 33.6 Å². The van der Waals surface area contributed by atoms with Gasteiger partial charge in [0.2, 0.25) is 0 Å². The van der Waals surface area contributed by atoms with E-state index in [1.807, 2.05) is 0 Å². The van der Waals surface area contributed by atoms with Crippen molar-refractivity contribution in [3.63, 3.8) is 0 Å². The standard InChI is InChI=1S/C15H24O3/c1-7(2)10-5-12(17)8(3)11-6-13(18)14(9(4)16)15(10)11/h7,9-12,14-17H,3,5-6H2,1-2,4H3/t9-,10-,11-,12+,14-,15-/m0/s1. The van der Waals surface area contributed by atoms with Gasteiger partial charge in [-0.15, -0.1) is 0 Å². The summed E-state index contributed by atoms with van der Waals surface area (Å²) in [4.78, 5) is 12.1. The van der Waals surface area contributed by atoms with Crippen LogP contribution in [0.2, 0.25) is 0 Å². The number of hydrogen-bond donors (Lipinski definition) is 2. The van der Waals surface area contributed by atoms with Crippen molar-refractivity contribution in [3.8, 4) is 0 Å². The Balaban J connectivity index is 2.36. The summed E-state index contributed by atoms with van der Waals surface area (Å²) in [5.74, 6) is 0.795. The van der Waals surface area contributed by atoms with Gasteiger partial charge in [0.15, 0.2) is 0 Å². The maximum atomic E-state index is 12.1. The van der Waals surface area contributed by atoms with E-state index in [9.17, 15) is 15.0 Å². The third-order valence-corrected chi connectivity index (χ3v) is 4.94. The van der Waals surface area contributed by atoms with E-state index in [0.717, 1.165) is 5.57 Å². The number of carbonyl (C=O) groups excluding carboxylic acids is 1. The van der Waals surface area contributed by atoms with E-state index in [2.05, 4.69) is 20.4 Å². The lowest BCUT2D eigenvalue weighted by molar-refractivity contribution is -0.125. The number of Topliss-reactive ketones (excluding diaryl/α,β-unsaturated/α-hetero) is 1. The van der Waals surface area contributed by atoms with Crippen LogP contribution < -0.4 is 0 Å². The minimum atomic E-state index is -0.600. The van der Waals surface area contributed by atoms with Crippen molar-refractivity contribution in [2.75, 3.05) is 0 Å². The van der Waals surface area contributed by atoms with E-state index in [1.165, 1.54) is 0 Å². The van der Waals surface area contributed by atoms with Crippen LogP contribution in [0.5, 0.6) is 0 Å². The zero-order valence-electron chi connectivity index (χ0n) is 11.5. The molecule has 2 aliphatic carbocycles. The Labute approximate surface area is 109 Å². The molecule has 2 N–H and O–H groups in total. The number of carbonyl (C=O) groups is 1. The first-order valence-corrected chi connectivity index (χ1v) is 6.92. The first-order chi connectivity index (χ1) is 8.34. The molecule has 0 aromatic carbocycles. The van der Waals surface area contributed by atoms with E-state index in [4.69, 9.17) is 0 Å². The van der Waals surface area contributed by atoms with Crippen molar-refractivity contribution in [1.29, 1.82) is 0 Å². The second kappa shape index (κ2) is 4.78. The molecule has 3 heteroatoms. The van der Waals surface area contributed by atoms with Crippen molar-refractivity contribution >= 4 is 5.78 Å². The van der Waals surface area contributed by atoms with Crippen molar-refractivity contribution in [2.45, 2.75) is 45.8 Å². The normalized spacial score (nSPS) is 42.2. The van der Waals surface area contributed by atoms with Gasteiger partial charge in [0.05, 0.1) is 12.2 Å². The van der Waals surface area contributed by atoms with Crippen molar-refractivity contribution in [3.05, 3.63) is 12.2 Å². The zero-order valence-corrected chi connectivity index (χ0v) is 11.5. The minimum Gasteiger partial charge on any atom is -0.393 e. The number of fused-ring (bicyclic) bond motifs is 1. The smallest absolute Gasteiger partial charge is 0.139 e. The molecule has 0 spiro atoms. The van der Waals surface area contributed by atoms with E-state index in [-0.39, 0.29) is 23.5 Å². The summed E-state index contributed by atoms with van der Waals surface area (Å²) >= 11 is 0. The highest BCUT2D eigenvalue weighted by atomic mass is 16.3. The summed E-state index contributed by atoms with van der Waals surface area (Å²) in [5, 5.41) is 20.0. The maximum absolute atomic E-state index is 12.1. The number of rotatable bonds is 2. The van der Waals surface area contributed by atoms with E-state index in [0.29, 0.717) is 24.7 Å². The largest absolute Gasteiger partial charge is 0.393 e. The number of ketones is 1. The van der Waals surface area contributed by atoms with Crippen LogP contribution in [0.4, 0.5) is 0 Å². The van der Waals surface area contributed by atoms with Gasteiger partial charge >= 0.3 is 0 Å². The van der Waals surface area contributed by atoms with Crippen LogP contribution in [0.3, 0.4) is 0 Å². The molecule has 2 fully saturated rings. The molecule has 2 rings (SSSR count). The third kappa shape index (κ3) is 2.04. The molecule has 0 saturated heterocycles. The van der Waals surface area contributed by atoms with Crippen molar-refractivity contribution < 1.29 is 15.0 Å². The Morgan fingerprint density at radius 3 is 2.44 bits per heavy atom. The summed E-state index contributed by atoms with van der Waals surface area (Å²) in [5.41, 5.74) is 0.799. The first-order valence-electron chi connectivity index (χ1n) is 6.92. The van der Waals surface area contributed by atoms with Gasteiger partial charge in [-0.1, -0.05) is 20.4 Å². The highest BCUT2D eigenvalue weighted by Crippen LogP contribution is 2.52. The Bertz CT molecular complexity index is 359. The molecular weight excluding hydrogens is 228 g/mol. The first kappa shape index (κ1) is 13.8. The molecule has 0 radical (unpaired) electrons. The molecule has 0 aromatic heterocycles. The molecule has 0 heterocycles. The minimum absolute atomic E-state index is 0.0632. The zero-order chi connectivity index (χ0) is 13.6. The molecule has 0 aliphatic heterocycles. The summed E-state index contributed by atoms with van der Waals surface area (Å²) in [7, 11) is 0. The Kier molecular flexibility index (Phi) is 3.65. The molecule has 0 bridgehead atoms. The van der Waals surface area contributed by atoms with Gasteiger partial charge in [-0.3, -0.25) is 4.79 Å². The quantitative estimate of drug-likeness (QED) is 0.737. The van der Waals surface area contributed by atoms with Gasteiger partial charge < -0.3 is 10.2 Å². The molecule has 3 nitrogen and oxygen atoms in total. The van der Waals surface area contributed by atoms with Gasteiger partial charge in [0, 0.05) is 12.3 Å². The molecule has 0 aromatic rings. The average molecular weight is 252 g/mol. The molecule has 18 heavy (non-hydrogen) atoms. The Morgan fingerprint density at radius 1 is 1.33 bits per heavy atom. The second-order valence-electron chi connectivity index (χ2n) is 6.35. The van der Waals surface area contributed by atoms with Crippen LogP contribution in [0, 0.1) is 29.6 Å². The van der Waals surface area contributed by atoms with Gasteiger partial charge in [-0.2, -0.15) is 0 Å². The molecule has 2 aliphatic rings. The van der Waals surface area contributed by atoms with E-state index >= 15 is 0 Å². The van der Waals surface area contributed by atoms with E-state index in [1.54, 1.807) is 6.92 Å². The predicted molar refractivity (Wildman–Crippen MR) is 69.9 cm³/mol. The molecule has 2 saturated carbocycles. The molecule has 6 atom stereocenters. The summed E-state index contributed by atoms with van der Waals surface area (Å²) in [6.07, 6.45) is 0.0315. The fraction of sp³-hybridized carbons (Fsp3) is 0.800. The average Bonchev–Trinajstić information content (AvgIpc) is 2.60. The highest BCUT2D eigenvalue weighted by molar-refractivity contribution is 5.85. The lowest BCUT2D eigenvalue weighted by Crippen LogP contribution is -2.42. The summed E-state index contributed by atoms with van der Waals surface area (Å²) in [6.45, 7) is 9.94. The topological polar surface area (TPSA) is 57.5 Å². The maximum Gasteiger partial charge on any atom is 0.139 e. The summed E-state index contributed by atoms with van der Waals surface area (Å²) in [6, 6.07) is 0. The lowest BCUT2D eigenvalue weighted by atomic mass is 9.63. The fourth-order valence-corrected chi connectivity index (χ4v) is 4.02. The fourth-order valence-electron chi connectivity index (χ4n) is 4.02. The highest BCUT2D eigenvalue weighted by Gasteiger charge is 2.53. The van der Waals surface area contributed by atoms with Crippen molar-refractivity contribution in [2.24, 2.45) is 29.6 Å². The monoisotopic (exact) mass is 252 g/mol. The Morgan fingerprint density at radius 2 is 1.94 bits per heavy atom. The van der Waals surface area contributed by atoms with Gasteiger partial charge in [-0.05, 0) is 42.6 Å². The number of aliphatic hydroxyl groups is 2. The van der Waals surface area contributed by atoms with Crippen LogP contribution in [0.15, 0.2) is 12.2 Å². The Hall–Kier alpha value is -0.670.